The molecule has 2 rings (SSSR count). The number of nitrogens with one attached hydrogen (secondary N) is 2. The van der Waals surface area contributed by atoms with E-state index in [2.05, 4.69) is 15.8 Å². The number of rotatable bonds is 6. The van der Waals surface area contributed by atoms with E-state index in [0.717, 1.165) is 34.8 Å². The van der Waals surface area contributed by atoms with Crippen molar-refractivity contribution in [2.24, 2.45) is 0 Å². The molecule has 1 aromatic heterocycles. The third kappa shape index (κ3) is 4.74. The van der Waals surface area contributed by atoms with Crippen molar-refractivity contribution in [1.29, 1.82) is 0 Å². The lowest BCUT2D eigenvalue weighted by Gasteiger charge is -2.15. The molecule has 0 radical (unpaired) electrons. The van der Waals surface area contributed by atoms with E-state index in [1.807, 2.05) is 45.0 Å². The van der Waals surface area contributed by atoms with Gasteiger partial charge in [0.15, 0.2) is 0 Å². The first-order chi connectivity index (χ1) is 11.0. The number of hydrogen-bond donors (Lipinski definition) is 2. The molecular formula is C17H23N3O3. The molecule has 124 valence electrons. The van der Waals surface area contributed by atoms with Gasteiger partial charge in [0.05, 0.1) is 12.8 Å². The molecule has 1 aromatic carbocycles. The van der Waals surface area contributed by atoms with Crippen LogP contribution in [0.1, 0.15) is 29.5 Å². The summed E-state index contributed by atoms with van der Waals surface area (Å²) in [5, 5.41) is 9.63. The maximum absolute atomic E-state index is 12.0. The molecular weight excluding hydrogens is 294 g/mol. The molecule has 1 heterocycles. The summed E-state index contributed by atoms with van der Waals surface area (Å²) in [6.07, 6.45) is 0.732. The molecule has 23 heavy (non-hydrogen) atoms. The number of benzene rings is 1. The maximum atomic E-state index is 12.0. The molecule has 0 unspecified atom stereocenters. The highest BCUT2D eigenvalue weighted by Crippen LogP contribution is 2.14. The van der Waals surface area contributed by atoms with Crippen molar-refractivity contribution in [1.82, 2.24) is 15.8 Å². The molecule has 0 saturated heterocycles. The van der Waals surface area contributed by atoms with Gasteiger partial charge in [-0.3, -0.25) is 0 Å². The van der Waals surface area contributed by atoms with Gasteiger partial charge in [0.25, 0.3) is 0 Å². The van der Waals surface area contributed by atoms with Crippen molar-refractivity contribution in [3.63, 3.8) is 0 Å². The molecule has 6 nitrogen and oxygen atoms in total. The molecule has 0 fully saturated rings. The Balaban J connectivity index is 1.82. The van der Waals surface area contributed by atoms with E-state index in [0.29, 0.717) is 6.54 Å². The Bertz CT molecular complexity index is 647. The van der Waals surface area contributed by atoms with Gasteiger partial charge in [0, 0.05) is 18.2 Å². The number of ether oxygens (including phenoxy) is 1. The van der Waals surface area contributed by atoms with Crippen LogP contribution in [0.5, 0.6) is 5.75 Å². The fourth-order valence-corrected chi connectivity index (χ4v) is 2.40. The predicted octanol–water partition coefficient (Wildman–Crippen LogP) is 2.73. The molecule has 1 atom stereocenters. The summed E-state index contributed by atoms with van der Waals surface area (Å²) in [7, 11) is 1.64. The first-order valence-corrected chi connectivity index (χ1v) is 7.58. The second-order valence-corrected chi connectivity index (χ2v) is 5.59. The van der Waals surface area contributed by atoms with Gasteiger partial charge in [-0.1, -0.05) is 17.3 Å². The summed E-state index contributed by atoms with van der Waals surface area (Å²) < 4.78 is 10.3. The highest BCUT2D eigenvalue weighted by molar-refractivity contribution is 5.74. The number of methoxy groups -OCH3 is 1. The molecule has 0 aliphatic heterocycles. The normalized spacial score (nSPS) is 11.8. The molecule has 6 heteroatoms. The van der Waals surface area contributed by atoms with Crippen LogP contribution in [0.4, 0.5) is 4.79 Å². The number of carbonyl (C=O) groups excluding carboxylic acids is 1. The lowest BCUT2D eigenvalue weighted by molar-refractivity contribution is 0.237. The first kappa shape index (κ1) is 16.9. The van der Waals surface area contributed by atoms with Crippen LogP contribution in [0, 0.1) is 13.8 Å². The van der Waals surface area contributed by atoms with Crippen LogP contribution < -0.4 is 15.4 Å². The largest absolute Gasteiger partial charge is 0.497 e. The summed E-state index contributed by atoms with van der Waals surface area (Å²) in [6, 6.07) is 7.63. The van der Waals surface area contributed by atoms with E-state index in [4.69, 9.17) is 9.26 Å². The van der Waals surface area contributed by atoms with E-state index in [-0.39, 0.29) is 12.1 Å². The average molecular weight is 317 g/mol. The number of aryl methyl sites for hydroxylation is 2. The minimum atomic E-state index is -0.208. The Hall–Kier alpha value is -2.50. The third-order valence-electron chi connectivity index (χ3n) is 3.66. The van der Waals surface area contributed by atoms with Crippen LogP contribution >= 0.6 is 0 Å². The van der Waals surface area contributed by atoms with Crippen molar-refractivity contribution in [3.05, 3.63) is 46.8 Å². The van der Waals surface area contributed by atoms with Gasteiger partial charge in [0.1, 0.15) is 11.5 Å². The Kier molecular flexibility index (Phi) is 5.62. The van der Waals surface area contributed by atoms with Crippen molar-refractivity contribution < 1.29 is 14.1 Å². The summed E-state index contributed by atoms with van der Waals surface area (Å²) in [6.45, 7) is 6.06. The Morgan fingerprint density at radius 3 is 2.83 bits per heavy atom. The number of amides is 2. The Labute approximate surface area is 136 Å². The molecule has 2 N–H and O–H groups in total. The number of hydrogen-bond acceptors (Lipinski definition) is 4. The Morgan fingerprint density at radius 1 is 1.39 bits per heavy atom. The number of urea groups is 1. The number of carbonyl (C=O) groups is 1. The summed E-state index contributed by atoms with van der Waals surface area (Å²) in [5.74, 6) is 1.55. The molecule has 0 saturated carbocycles. The van der Waals surface area contributed by atoms with Gasteiger partial charge in [-0.15, -0.1) is 0 Å². The molecule has 0 bridgehead atoms. The second-order valence-electron chi connectivity index (χ2n) is 5.59. The van der Waals surface area contributed by atoms with Gasteiger partial charge >= 0.3 is 6.03 Å². The van der Waals surface area contributed by atoms with Gasteiger partial charge in [-0.25, -0.2) is 4.79 Å². The van der Waals surface area contributed by atoms with Crippen LogP contribution in [0.2, 0.25) is 0 Å². The second kappa shape index (κ2) is 7.67. The van der Waals surface area contributed by atoms with Gasteiger partial charge in [0.2, 0.25) is 0 Å². The first-order valence-electron chi connectivity index (χ1n) is 7.58. The lowest BCUT2D eigenvalue weighted by atomic mass is 10.1. The maximum Gasteiger partial charge on any atom is 0.315 e. The minimum Gasteiger partial charge on any atom is -0.497 e. The summed E-state index contributed by atoms with van der Waals surface area (Å²) in [5.41, 5.74) is 2.83. The van der Waals surface area contributed by atoms with Crippen LogP contribution in [0.25, 0.3) is 0 Å². The zero-order valence-electron chi connectivity index (χ0n) is 14.0. The minimum absolute atomic E-state index is 0.00627. The standard InChI is InChI=1S/C17H23N3O3/c1-11(8-14-6-5-7-15(9-14)22-4)19-17(21)18-10-16-12(2)20-23-13(16)3/h5-7,9,11H,8,10H2,1-4H3,(H2,18,19,21)/t11-/m0/s1. The smallest absolute Gasteiger partial charge is 0.315 e. The van der Waals surface area contributed by atoms with Gasteiger partial charge in [-0.05, 0) is 44.9 Å². The van der Waals surface area contributed by atoms with E-state index in [1.165, 1.54) is 0 Å². The molecule has 0 spiro atoms. The van der Waals surface area contributed by atoms with Crippen molar-refractivity contribution in [3.8, 4) is 5.75 Å². The SMILES string of the molecule is COc1cccc(C[C@H](C)NC(=O)NCc2c(C)noc2C)c1. The lowest BCUT2D eigenvalue weighted by Crippen LogP contribution is -2.41. The molecule has 0 aliphatic carbocycles. The predicted molar refractivity (Wildman–Crippen MR) is 87.5 cm³/mol. The average Bonchev–Trinajstić information content (AvgIpc) is 2.84. The number of nitrogens with zero attached hydrogens (tertiary/aromatic N) is 1. The fourth-order valence-electron chi connectivity index (χ4n) is 2.40. The zero-order valence-corrected chi connectivity index (χ0v) is 14.0. The molecule has 2 aromatic rings. The van der Waals surface area contributed by atoms with E-state index < -0.39 is 0 Å². The molecule has 2 amide bonds. The van der Waals surface area contributed by atoms with Gasteiger partial charge < -0.3 is 19.9 Å². The van der Waals surface area contributed by atoms with Crippen molar-refractivity contribution in [2.45, 2.75) is 39.8 Å². The van der Waals surface area contributed by atoms with Crippen LogP contribution in [0.3, 0.4) is 0 Å². The van der Waals surface area contributed by atoms with Crippen LogP contribution in [-0.4, -0.2) is 24.3 Å². The highest BCUT2D eigenvalue weighted by Gasteiger charge is 2.12. The number of aromatic nitrogens is 1. The van der Waals surface area contributed by atoms with Crippen molar-refractivity contribution in [2.75, 3.05) is 7.11 Å². The molecule has 0 aliphatic rings. The monoisotopic (exact) mass is 317 g/mol. The van der Waals surface area contributed by atoms with E-state index in [1.54, 1.807) is 7.11 Å². The fraction of sp³-hybridized carbons (Fsp3) is 0.412. The zero-order chi connectivity index (χ0) is 16.8. The van der Waals surface area contributed by atoms with E-state index in [9.17, 15) is 4.79 Å². The summed E-state index contributed by atoms with van der Waals surface area (Å²) in [4.78, 5) is 12.0. The van der Waals surface area contributed by atoms with E-state index >= 15 is 0 Å². The van der Waals surface area contributed by atoms with Crippen molar-refractivity contribution >= 4 is 6.03 Å². The quantitative estimate of drug-likeness (QED) is 0.859. The summed E-state index contributed by atoms with van der Waals surface area (Å²) >= 11 is 0. The van der Waals surface area contributed by atoms with Crippen LogP contribution in [0.15, 0.2) is 28.8 Å². The van der Waals surface area contributed by atoms with Gasteiger partial charge in [-0.2, -0.15) is 0 Å². The highest BCUT2D eigenvalue weighted by atomic mass is 16.5. The van der Waals surface area contributed by atoms with Crippen LogP contribution in [-0.2, 0) is 13.0 Å². The topological polar surface area (TPSA) is 76.4 Å². The Morgan fingerprint density at radius 2 is 2.17 bits per heavy atom. The third-order valence-corrected chi connectivity index (χ3v) is 3.66.